The average molecular weight is 379 g/mol. The van der Waals surface area contributed by atoms with Crippen LogP contribution in [-0.2, 0) is 9.53 Å². The van der Waals surface area contributed by atoms with Crippen molar-refractivity contribution < 1.29 is 19.1 Å². The number of aromatic amines is 1. The normalized spacial score (nSPS) is 10.3. The van der Waals surface area contributed by atoms with Gasteiger partial charge < -0.3 is 20.4 Å². The molecule has 28 heavy (non-hydrogen) atoms. The van der Waals surface area contributed by atoms with Gasteiger partial charge in [-0.15, -0.1) is 0 Å². The van der Waals surface area contributed by atoms with Gasteiger partial charge in [-0.05, 0) is 30.3 Å². The van der Waals surface area contributed by atoms with E-state index in [9.17, 15) is 19.2 Å². The van der Waals surface area contributed by atoms with Gasteiger partial charge in [-0.25, -0.2) is 0 Å². The second-order valence-corrected chi connectivity index (χ2v) is 5.87. The largest absolute Gasteiger partial charge is 0.468 e. The summed E-state index contributed by atoms with van der Waals surface area (Å²) in [5, 5.41) is 5.42. The van der Waals surface area contributed by atoms with Gasteiger partial charge in [-0.2, -0.15) is 0 Å². The molecule has 0 spiro atoms. The Morgan fingerprint density at radius 3 is 2.61 bits per heavy atom. The topological polar surface area (TPSA) is 117 Å². The molecule has 1 aromatic heterocycles. The maximum atomic E-state index is 12.5. The Kier molecular flexibility index (Phi) is 5.50. The Bertz CT molecular complexity index is 1120. The fourth-order valence-corrected chi connectivity index (χ4v) is 2.60. The lowest BCUT2D eigenvalue weighted by Gasteiger charge is -2.08. The van der Waals surface area contributed by atoms with Gasteiger partial charge in [-0.3, -0.25) is 19.2 Å². The van der Waals surface area contributed by atoms with Crippen LogP contribution < -0.4 is 16.1 Å². The highest BCUT2D eigenvalue weighted by Gasteiger charge is 2.14. The summed E-state index contributed by atoms with van der Waals surface area (Å²) in [6.45, 7) is -0.265. The molecule has 3 aromatic rings. The van der Waals surface area contributed by atoms with Crippen LogP contribution in [0.2, 0.25) is 0 Å². The number of hydrogen-bond donors (Lipinski definition) is 3. The zero-order chi connectivity index (χ0) is 20.1. The Balaban J connectivity index is 1.78. The number of anilines is 1. The number of carbonyl (C=O) groups excluding carboxylic acids is 3. The van der Waals surface area contributed by atoms with Crippen LogP contribution >= 0.6 is 0 Å². The summed E-state index contributed by atoms with van der Waals surface area (Å²) in [5.41, 5.74) is 0.781. The maximum absolute atomic E-state index is 12.5. The number of esters is 1. The van der Waals surface area contributed by atoms with Gasteiger partial charge in [0.1, 0.15) is 12.1 Å². The Morgan fingerprint density at radius 2 is 1.82 bits per heavy atom. The zero-order valence-electron chi connectivity index (χ0n) is 14.9. The monoisotopic (exact) mass is 379 g/mol. The molecule has 0 unspecified atom stereocenters. The van der Waals surface area contributed by atoms with E-state index in [2.05, 4.69) is 20.4 Å². The summed E-state index contributed by atoms with van der Waals surface area (Å²) in [4.78, 5) is 51.2. The molecule has 142 valence electrons. The molecule has 8 nitrogen and oxygen atoms in total. The Labute approximate surface area is 159 Å². The maximum Gasteiger partial charge on any atom is 0.325 e. The second kappa shape index (κ2) is 8.17. The van der Waals surface area contributed by atoms with E-state index in [0.29, 0.717) is 16.6 Å². The van der Waals surface area contributed by atoms with Gasteiger partial charge in [0.2, 0.25) is 5.43 Å². The Hall–Kier alpha value is -3.94. The third kappa shape index (κ3) is 4.07. The highest BCUT2D eigenvalue weighted by Crippen LogP contribution is 2.13. The molecule has 8 heteroatoms. The minimum atomic E-state index is -0.598. The lowest BCUT2D eigenvalue weighted by atomic mass is 10.1. The van der Waals surface area contributed by atoms with Gasteiger partial charge in [0, 0.05) is 28.4 Å². The van der Waals surface area contributed by atoms with Crippen LogP contribution in [0.4, 0.5) is 5.69 Å². The molecule has 0 aliphatic heterocycles. The minimum Gasteiger partial charge on any atom is -0.468 e. The molecule has 2 aromatic carbocycles. The van der Waals surface area contributed by atoms with E-state index in [4.69, 9.17) is 0 Å². The second-order valence-electron chi connectivity index (χ2n) is 5.87. The van der Waals surface area contributed by atoms with E-state index >= 15 is 0 Å². The molecule has 3 N–H and O–H groups in total. The van der Waals surface area contributed by atoms with Crippen LogP contribution in [0.3, 0.4) is 0 Å². The first-order valence-corrected chi connectivity index (χ1v) is 8.36. The molecule has 0 atom stereocenters. The summed E-state index contributed by atoms with van der Waals surface area (Å²) in [7, 11) is 1.22. The molecular formula is C20H17N3O5. The minimum absolute atomic E-state index is 0.0424. The van der Waals surface area contributed by atoms with Crippen LogP contribution in [0.25, 0.3) is 10.9 Å². The fraction of sp³-hybridized carbons (Fsp3) is 0.100. The van der Waals surface area contributed by atoms with Crippen LogP contribution in [0.1, 0.15) is 20.7 Å². The first-order chi connectivity index (χ1) is 13.5. The van der Waals surface area contributed by atoms with E-state index < -0.39 is 17.8 Å². The number of carbonyl (C=O) groups is 3. The molecule has 0 aliphatic carbocycles. The number of rotatable bonds is 5. The smallest absolute Gasteiger partial charge is 0.325 e. The SMILES string of the molecule is COC(=O)CNC(=O)c1cccc(NC(=O)c2c[nH]c3ccccc3c2=O)c1. The number of methoxy groups -OCH3 is 1. The van der Waals surface area contributed by atoms with Crippen molar-refractivity contribution in [3.8, 4) is 0 Å². The summed E-state index contributed by atoms with van der Waals surface area (Å²) in [5.74, 6) is -1.67. The molecule has 0 aliphatic rings. The first kappa shape index (κ1) is 18.8. The number of para-hydroxylation sites is 1. The van der Waals surface area contributed by atoms with Crippen molar-refractivity contribution in [1.29, 1.82) is 0 Å². The predicted molar refractivity (Wildman–Crippen MR) is 103 cm³/mol. The molecule has 1 heterocycles. The van der Waals surface area contributed by atoms with E-state index in [-0.39, 0.29) is 23.1 Å². The summed E-state index contributed by atoms with van der Waals surface area (Å²) in [6, 6.07) is 13.0. The molecule has 0 saturated heterocycles. The predicted octanol–water partition coefficient (Wildman–Crippen LogP) is 1.68. The number of nitrogens with one attached hydrogen (secondary N) is 3. The summed E-state index contributed by atoms with van der Waals surface area (Å²) in [6.07, 6.45) is 1.35. The number of ether oxygens (including phenoxy) is 1. The van der Waals surface area contributed by atoms with Crippen molar-refractivity contribution in [3.05, 3.63) is 76.1 Å². The molecule has 0 bridgehead atoms. The third-order valence-electron chi connectivity index (χ3n) is 4.04. The number of H-pyrrole nitrogens is 1. The van der Waals surface area contributed by atoms with Crippen molar-refractivity contribution in [2.45, 2.75) is 0 Å². The van der Waals surface area contributed by atoms with Crippen LogP contribution in [0.5, 0.6) is 0 Å². The number of aromatic nitrogens is 1. The first-order valence-electron chi connectivity index (χ1n) is 8.36. The van der Waals surface area contributed by atoms with Crippen LogP contribution in [0.15, 0.2) is 59.5 Å². The molecule has 3 rings (SSSR count). The lowest BCUT2D eigenvalue weighted by Crippen LogP contribution is -2.30. The van der Waals surface area contributed by atoms with Crippen LogP contribution in [-0.4, -0.2) is 36.4 Å². The zero-order valence-corrected chi connectivity index (χ0v) is 14.9. The average Bonchev–Trinajstić information content (AvgIpc) is 2.72. The number of pyridine rings is 1. The van der Waals surface area contributed by atoms with Crippen molar-refractivity contribution in [2.24, 2.45) is 0 Å². The van der Waals surface area contributed by atoms with E-state index in [1.807, 2.05) is 0 Å². The van der Waals surface area contributed by atoms with Gasteiger partial charge in [-0.1, -0.05) is 18.2 Å². The van der Waals surface area contributed by atoms with Crippen molar-refractivity contribution in [3.63, 3.8) is 0 Å². The third-order valence-corrected chi connectivity index (χ3v) is 4.04. The van der Waals surface area contributed by atoms with Gasteiger partial charge in [0.05, 0.1) is 7.11 Å². The van der Waals surface area contributed by atoms with Gasteiger partial charge in [0.15, 0.2) is 0 Å². The van der Waals surface area contributed by atoms with Crippen molar-refractivity contribution in [2.75, 3.05) is 19.0 Å². The highest BCUT2D eigenvalue weighted by molar-refractivity contribution is 6.06. The van der Waals surface area contributed by atoms with E-state index in [0.717, 1.165) is 0 Å². The highest BCUT2D eigenvalue weighted by atomic mass is 16.5. The molecule has 0 saturated carbocycles. The molecule has 0 fully saturated rings. The van der Waals surface area contributed by atoms with E-state index in [1.54, 1.807) is 36.4 Å². The fourth-order valence-electron chi connectivity index (χ4n) is 2.60. The van der Waals surface area contributed by atoms with Gasteiger partial charge >= 0.3 is 5.97 Å². The number of fused-ring (bicyclic) bond motifs is 1. The van der Waals surface area contributed by atoms with Crippen LogP contribution in [0, 0.1) is 0 Å². The molecule has 2 amide bonds. The standard InChI is InChI=1S/C20H17N3O5/c1-28-17(24)11-22-19(26)12-5-4-6-13(9-12)23-20(27)15-10-21-16-8-3-2-7-14(16)18(15)25/h2-10H,11H2,1H3,(H,21,25)(H,22,26)(H,23,27). The molecular weight excluding hydrogens is 362 g/mol. The Morgan fingerprint density at radius 1 is 1.04 bits per heavy atom. The van der Waals surface area contributed by atoms with E-state index in [1.165, 1.54) is 25.4 Å². The number of hydrogen-bond acceptors (Lipinski definition) is 5. The van der Waals surface area contributed by atoms with Gasteiger partial charge in [0.25, 0.3) is 11.8 Å². The lowest BCUT2D eigenvalue weighted by molar-refractivity contribution is -0.139. The van der Waals surface area contributed by atoms with Crippen molar-refractivity contribution in [1.82, 2.24) is 10.3 Å². The van der Waals surface area contributed by atoms with Crippen molar-refractivity contribution >= 4 is 34.4 Å². The quantitative estimate of drug-likeness (QED) is 0.583. The molecule has 0 radical (unpaired) electrons. The number of amides is 2. The summed E-state index contributed by atoms with van der Waals surface area (Å²) < 4.78 is 4.46. The summed E-state index contributed by atoms with van der Waals surface area (Å²) >= 11 is 0. The number of benzene rings is 2.